The highest BCUT2D eigenvalue weighted by Crippen LogP contribution is 2.12. The molecule has 0 fully saturated rings. The normalized spacial score (nSPS) is 10.6. The minimum atomic E-state index is -0.0745. The third-order valence-corrected chi connectivity index (χ3v) is 5.50. The number of hydrogen-bond donors (Lipinski definition) is 3. The summed E-state index contributed by atoms with van der Waals surface area (Å²) in [6, 6.07) is 17.5. The van der Waals surface area contributed by atoms with Gasteiger partial charge in [0.1, 0.15) is 0 Å². The molecule has 0 aliphatic rings. The molecule has 0 radical (unpaired) electrons. The highest BCUT2D eigenvalue weighted by molar-refractivity contribution is 5.94. The molecule has 4 N–H and O–H groups in total. The van der Waals surface area contributed by atoms with Crippen molar-refractivity contribution in [2.75, 3.05) is 12.3 Å². The molecule has 2 aromatic heterocycles. The molecule has 9 heteroatoms. The lowest BCUT2D eigenvalue weighted by atomic mass is 10.1. The van der Waals surface area contributed by atoms with Crippen molar-refractivity contribution in [1.82, 2.24) is 30.3 Å². The van der Waals surface area contributed by atoms with E-state index in [0.717, 1.165) is 55.6 Å². The second-order valence-corrected chi connectivity index (χ2v) is 8.05. The molecular formula is C25H30ClN7O. The number of halogens is 1. The Bertz CT molecular complexity index is 1160. The summed E-state index contributed by atoms with van der Waals surface area (Å²) in [5.74, 6) is 0.396. The van der Waals surface area contributed by atoms with Gasteiger partial charge in [-0.15, -0.1) is 17.5 Å². The predicted molar refractivity (Wildman–Crippen MR) is 135 cm³/mol. The Morgan fingerprint density at radius 3 is 2.47 bits per heavy atom. The number of rotatable bonds is 11. The molecule has 2 heterocycles. The van der Waals surface area contributed by atoms with E-state index in [2.05, 4.69) is 37.7 Å². The molecule has 2 aromatic carbocycles. The van der Waals surface area contributed by atoms with E-state index < -0.39 is 0 Å². The lowest BCUT2D eigenvalue weighted by Gasteiger charge is -2.06. The van der Waals surface area contributed by atoms with Crippen LogP contribution >= 0.6 is 12.4 Å². The van der Waals surface area contributed by atoms with Gasteiger partial charge >= 0.3 is 0 Å². The molecule has 0 aliphatic carbocycles. The first kappa shape index (κ1) is 25.0. The van der Waals surface area contributed by atoms with Crippen molar-refractivity contribution in [2.24, 2.45) is 0 Å². The molecule has 34 heavy (non-hydrogen) atoms. The number of nitrogens with one attached hydrogen (secondary N) is 2. The Kier molecular flexibility index (Phi) is 9.22. The molecule has 4 rings (SSSR count). The van der Waals surface area contributed by atoms with Crippen molar-refractivity contribution >= 4 is 24.3 Å². The molecule has 0 bridgehead atoms. The first-order valence-electron chi connectivity index (χ1n) is 11.3. The molecule has 1 amide bonds. The molecule has 0 spiro atoms. The molecule has 8 nitrogen and oxygen atoms in total. The van der Waals surface area contributed by atoms with Crippen molar-refractivity contribution < 1.29 is 4.79 Å². The highest BCUT2D eigenvalue weighted by atomic mass is 35.5. The Balaban J connectivity index is 0.00000324. The zero-order chi connectivity index (χ0) is 22.9. The van der Waals surface area contributed by atoms with Crippen LogP contribution in [0.5, 0.6) is 0 Å². The van der Waals surface area contributed by atoms with Crippen LogP contribution < -0.4 is 11.1 Å². The number of unbranched alkanes of at least 4 members (excludes halogenated alkanes) is 2. The average molecular weight is 480 g/mol. The molecular weight excluding hydrogens is 450 g/mol. The number of carbonyl (C=O) groups excluding carboxylic acids is 1. The Hall–Kier alpha value is -3.65. The van der Waals surface area contributed by atoms with E-state index in [1.54, 1.807) is 10.9 Å². The lowest BCUT2D eigenvalue weighted by molar-refractivity contribution is 0.0954. The zero-order valence-electron chi connectivity index (χ0n) is 19.0. The summed E-state index contributed by atoms with van der Waals surface area (Å²) < 4.78 is 1.75. The van der Waals surface area contributed by atoms with E-state index >= 15 is 0 Å². The number of benzene rings is 2. The third-order valence-electron chi connectivity index (χ3n) is 5.50. The van der Waals surface area contributed by atoms with Gasteiger partial charge in [-0.2, -0.15) is 0 Å². The number of anilines is 1. The number of H-pyrrole nitrogens is 1. The highest BCUT2D eigenvalue weighted by Gasteiger charge is 2.07. The summed E-state index contributed by atoms with van der Waals surface area (Å²) in [5.41, 5.74) is 10.3. The molecule has 4 aromatic rings. The third kappa shape index (κ3) is 7.18. The Morgan fingerprint density at radius 1 is 0.971 bits per heavy atom. The van der Waals surface area contributed by atoms with Gasteiger partial charge in [-0.05, 0) is 61.9 Å². The molecule has 0 unspecified atom stereocenters. The summed E-state index contributed by atoms with van der Waals surface area (Å²) in [4.78, 5) is 19.5. The van der Waals surface area contributed by atoms with Crippen LogP contribution in [0.1, 0.15) is 46.6 Å². The van der Waals surface area contributed by atoms with E-state index in [0.29, 0.717) is 18.1 Å². The number of aromatic nitrogens is 5. The molecule has 0 aliphatic heterocycles. The number of aromatic amines is 1. The van der Waals surface area contributed by atoms with Crippen LogP contribution in [0.25, 0.3) is 5.69 Å². The Morgan fingerprint density at radius 2 is 1.74 bits per heavy atom. The van der Waals surface area contributed by atoms with E-state index in [9.17, 15) is 4.79 Å². The maximum atomic E-state index is 12.4. The van der Waals surface area contributed by atoms with E-state index in [1.807, 2.05) is 48.7 Å². The average Bonchev–Trinajstić information content (AvgIpc) is 3.48. The van der Waals surface area contributed by atoms with Gasteiger partial charge in [-0.3, -0.25) is 4.79 Å². The summed E-state index contributed by atoms with van der Waals surface area (Å²) in [7, 11) is 0. The quantitative estimate of drug-likeness (QED) is 0.282. The standard InChI is InChI=1S/C25H29N7O.ClH/c26-25-28-17-21(29-25)9-5-2-6-10-22-18-32(31-30-22)23-13-11-20(12-14-23)24(33)27-16-15-19-7-3-1-4-8-19;/h1,3-4,7-8,11-14,17-18H,2,5-6,9-10,15-16H2,(H,27,33)(H3,26,28,29);1H. The number of nitrogens with two attached hydrogens (primary N) is 1. The van der Waals surface area contributed by atoms with Gasteiger partial charge in [0.15, 0.2) is 5.95 Å². The number of imidazole rings is 1. The smallest absolute Gasteiger partial charge is 0.251 e. The van der Waals surface area contributed by atoms with Gasteiger partial charge < -0.3 is 16.0 Å². The number of carbonyl (C=O) groups is 1. The molecule has 0 saturated heterocycles. The van der Waals surface area contributed by atoms with Crippen molar-refractivity contribution in [2.45, 2.75) is 38.5 Å². The number of aryl methyl sites for hydroxylation is 2. The maximum Gasteiger partial charge on any atom is 0.251 e. The fraction of sp³-hybridized carbons (Fsp3) is 0.280. The number of nitrogen functional groups attached to an aromatic ring is 1. The van der Waals surface area contributed by atoms with E-state index in [-0.39, 0.29) is 18.3 Å². The first-order valence-corrected chi connectivity index (χ1v) is 11.3. The van der Waals surface area contributed by atoms with Crippen molar-refractivity contribution in [1.29, 1.82) is 0 Å². The molecule has 178 valence electrons. The van der Waals surface area contributed by atoms with Gasteiger partial charge in [-0.1, -0.05) is 42.0 Å². The van der Waals surface area contributed by atoms with Gasteiger partial charge in [0.25, 0.3) is 5.91 Å². The van der Waals surface area contributed by atoms with Crippen LogP contribution in [0, 0.1) is 0 Å². The lowest BCUT2D eigenvalue weighted by Crippen LogP contribution is -2.25. The summed E-state index contributed by atoms with van der Waals surface area (Å²) in [6.07, 6.45) is 9.60. The summed E-state index contributed by atoms with van der Waals surface area (Å²) in [6.45, 7) is 0.604. The fourth-order valence-corrected chi connectivity index (χ4v) is 3.67. The molecule has 0 atom stereocenters. The van der Waals surface area contributed by atoms with Crippen molar-refractivity contribution in [3.05, 3.63) is 89.5 Å². The van der Waals surface area contributed by atoms with Gasteiger partial charge in [0, 0.05) is 17.8 Å². The fourth-order valence-electron chi connectivity index (χ4n) is 3.67. The largest absolute Gasteiger partial charge is 0.369 e. The topological polar surface area (TPSA) is 115 Å². The zero-order valence-corrected chi connectivity index (χ0v) is 19.8. The SMILES string of the molecule is Cl.Nc1ncc(CCCCCc2cn(-c3ccc(C(=O)NCCc4ccccc4)cc3)nn2)[nH]1. The van der Waals surface area contributed by atoms with Gasteiger partial charge in [-0.25, -0.2) is 9.67 Å². The first-order chi connectivity index (χ1) is 16.2. The van der Waals surface area contributed by atoms with Crippen molar-refractivity contribution in [3.8, 4) is 5.69 Å². The van der Waals surface area contributed by atoms with Crippen molar-refractivity contribution in [3.63, 3.8) is 0 Å². The minimum absolute atomic E-state index is 0. The van der Waals surface area contributed by atoms with Crippen LogP contribution in [-0.2, 0) is 19.3 Å². The maximum absolute atomic E-state index is 12.4. The number of nitrogens with zero attached hydrogens (tertiary/aromatic N) is 4. The minimum Gasteiger partial charge on any atom is -0.369 e. The van der Waals surface area contributed by atoms with Crippen LogP contribution in [0.4, 0.5) is 5.95 Å². The van der Waals surface area contributed by atoms with E-state index in [4.69, 9.17) is 5.73 Å². The van der Waals surface area contributed by atoms with Gasteiger partial charge in [0.05, 0.1) is 23.8 Å². The van der Waals surface area contributed by atoms with E-state index in [1.165, 1.54) is 5.56 Å². The van der Waals surface area contributed by atoms with Crippen LogP contribution in [0.2, 0.25) is 0 Å². The summed E-state index contributed by atoms with van der Waals surface area (Å²) >= 11 is 0. The number of hydrogen-bond acceptors (Lipinski definition) is 5. The Labute approximate surface area is 205 Å². The second kappa shape index (κ2) is 12.6. The van der Waals surface area contributed by atoms with Gasteiger partial charge in [0.2, 0.25) is 0 Å². The predicted octanol–water partition coefficient (Wildman–Crippen LogP) is 3.92. The number of amides is 1. The summed E-state index contributed by atoms with van der Waals surface area (Å²) in [5, 5.41) is 11.5. The molecule has 0 saturated carbocycles. The monoisotopic (exact) mass is 479 g/mol. The van der Waals surface area contributed by atoms with Crippen LogP contribution in [0.15, 0.2) is 67.0 Å². The van der Waals surface area contributed by atoms with Crippen LogP contribution in [0.3, 0.4) is 0 Å². The van der Waals surface area contributed by atoms with Crippen LogP contribution in [-0.4, -0.2) is 37.4 Å². The second-order valence-electron chi connectivity index (χ2n) is 8.05.